The standard InChI is InChI=1S/C29H32N6O4/c1-2-34-14-13-24-25(17-34)32-26(33-27(24)35-15-22-11-12-23(16-35)39-22)18-3-7-20(8-4-18)30-29(38)31-21-9-5-19(6-10-21)28(36)37/h3-10,22-23H,2,11-17H2,1H3,(H,36,37)(H2,30,31,38). The number of carbonyl (C=O) groups excluding carboxylic acids is 1. The second-order valence-corrected chi connectivity index (χ2v) is 10.3. The number of morpholine rings is 1. The predicted octanol–water partition coefficient (Wildman–Crippen LogP) is 4.23. The molecule has 1 aromatic heterocycles. The molecule has 202 valence electrons. The molecule has 6 rings (SSSR count). The van der Waals surface area contributed by atoms with E-state index in [4.69, 9.17) is 19.8 Å². The van der Waals surface area contributed by atoms with Crippen LogP contribution >= 0.6 is 0 Å². The van der Waals surface area contributed by atoms with Gasteiger partial charge in [-0.25, -0.2) is 19.6 Å². The molecule has 4 heterocycles. The van der Waals surface area contributed by atoms with Crippen molar-refractivity contribution in [3.05, 3.63) is 65.4 Å². The zero-order chi connectivity index (χ0) is 26.9. The van der Waals surface area contributed by atoms with Crippen LogP contribution in [0, 0.1) is 0 Å². The van der Waals surface area contributed by atoms with Gasteiger partial charge in [0, 0.05) is 48.7 Å². The van der Waals surface area contributed by atoms with Gasteiger partial charge in [-0.3, -0.25) is 4.90 Å². The van der Waals surface area contributed by atoms with Gasteiger partial charge in [0.05, 0.1) is 23.5 Å². The fourth-order valence-corrected chi connectivity index (χ4v) is 5.61. The van der Waals surface area contributed by atoms with Crippen LogP contribution in [0.2, 0.25) is 0 Å². The molecule has 2 amide bonds. The minimum Gasteiger partial charge on any atom is -0.478 e. The third kappa shape index (κ3) is 5.43. The molecule has 3 N–H and O–H groups in total. The summed E-state index contributed by atoms with van der Waals surface area (Å²) in [5, 5.41) is 14.6. The van der Waals surface area contributed by atoms with E-state index in [1.54, 1.807) is 12.1 Å². The molecule has 0 spiro atoms. The molecular weight excluding hydrogens is 496 g/mol. The highest BCUT2D eigenvalue weighted by atomic mass is 16.5. The van der Waals surface area contributed by atoms with E-state index >= 15 is 0 Å². The minimum absolute atomic E-state index is 0.160. The van der Waals surface area contributed by atoms with Gasteiger partial charge in [0.15, 0.2) is 5.82 Å². The second-order valence-electron chi connectivity index (χ2n) is 10.3. The number of carboxylic acids is 1. The number of nitrogens with one attached hydrogen (secondary N) is 2. The Balaban J connectivity index is 1.20. The highest BCUT2D eigenvalue weighted by molar-refractivity contribution is 6.00. The van der Waals surface area contributed by atoms with Gasteiger partial charge in [0.1, 0.15) is 5.82 Å². The van der Waals surface area contributed by atoms with Crippen LogP contribution in [0.1, 0.15) is 41.4 Å². The monoisotopic (exact) mass is 528 g/mol. The summed E-state index contributed by atoms with van der Waals surface area (Å²) in [5.74, 6) is 0.720. The molecule has 0 saturated carbocycles. The third-order valence-corrected chi connectivity index (χ3v) is 7.70. The number of nitrogens with zero attached hydrogens (tertiary/aromatic N) is 4. The fourth-order valence-electron chi connectivity index (χ4n) is 5.61. The molecule has 39 heavy (non-hydrogen) atoms. The van der Waals surface area contributed by atoms with Crippen molar-refractivity contribution in [1.29, 1.82) is 0 Å². The van der Waals surface area contributed by atoms with Crippen LogP contribution in [0.25, 0.3) is 11.4 Å². The normalized spacial score (nSPS) is 20.4. The van der Waals surface area contributed by atoms with Gasteiger partial charge in [-0.2, -0.15) is 0 Å². The molecule has 2 unspecified atom stereocenters. The lowest BCUT2D eigenvalue weighted by Crippen LogP contribution is -2.44. The van der Waals surface area contributed by atoms with Gasteiger partial charge in [-0.05, 0) is 74.3 Å². The predicted molar refractivity (Wildman–Crippen MR) is 148 cm³/mol. The number of amides is 2. The number of anilines is 3. The van der Waals surface area contributed by atoms with Gasteiger partial charge >= 0.3 is 12.0 Å². The highest BCUT2D eigenvalue weighted by Crippen LogP contribution is 2.34. The van der Waals surface area contributed by atoms with E-state index in [-0.39, 0.29) is 17.8 Å². The Hall–Kier alpha value is -4.02. The first-order valence-electron chi connectivity index (χ1n) is 13.5. The van der Waals surface area contributed by atoms with Crippen LogP contribution in [-0.2, 0) is 17.7 Å². The highest BCUT2D eigenvalue weighted by Gasteiger charge is 2.36. The lowest BCUT2D eigenvalue weighted by Gasteiger charge is -2.36. The van der Waals surface area contributed by atoms with Crippen LogP contribution in [-0.4, -0.2) is 70.4 Å². The van der Waals surface area contributed by atoms with Crippen molar-refractivity contribution in [3.63, 3.8) is 0 Å². The average Bonchev–Trinajstić information content (AvgIpc) is 3.29. The summed E-state index contributed by atoms with van der Waals surface area (Å²) < 4.78 is 6.08. The lowest BCUT2D eigenvalue weighted by molar-refractivity contribution is 0.0301. The molecule has 3 aromatic rings. The SMILES string of the molecule is CCN1CCc2c(nc(-c3ccc(NC(=O)Nc4ccc(C(=O)O)cc4)cc3)nc2N2CC3CCC(C2)O3)C1. The van der Waals surface area contributed by atoms with Crippen molar-refractivity contribution < 1.29 is 19.4 Å². The van der Waals surface area contributed by atoms with E-state index in [2.05, 4.69) is 27.4 Å². The first-order chi connectivity index (χ1) is 18.9. The molecular formula is C29H32N6O4. The van der Waals surface area contributed by atoms with Crippen molar-refractivity contribution >= 4 is 29.2 Å². The van der Waals surface area contributed by atoms with E-state index in [1.807, 2.05) is 24.3 Å². The second kappa shape index (κ2) is 10.6. The van der Waals surface area contributed by atoms with E-state index in [9.17, 15) is 9.59 Å². The average molecular weight is 529 g/mol. The summed E-state index contributed by atoms with van der Waals surface area (Å²) in [6, 6.07) is 13.1. The third-order valence-electron chi connectivity index (χ3n) is 7.70. The number of urea groups is 1. The van der Waals surface area contributed by atoms with Gasteiger partial charge in [-0.15, -0.1) is 0 Å². The molecule has 2 bridgehead atoms. The number of carboxylic acid groups (broad SMARTS) is 1. The number of carbonyl (C=O) groups is 2. The molecule has 10 nitrogen and oxygen atoms in total. The largest absolute Gasteiger partial charge is 0.478 e. The molecule has 2 fully saturated rings. The smallest absolute Gasteiger partial charge is 0.335 e. The Bertz CT molecular complexity index is 1370. The van der Waals surface area contributed by atoms with Gasteiger partial charge in [0.25, 0.3) is 0 Å². The maximum absolute atomic E-state index is 12.5. The molecule has 2 atom stereocenters. The topological polar surface area (TPSA) is 120 Å². The molecule has 0 aliphatic carbocycles. The number of ether oxygens (including phenoxy) is 1. The first-order valence-corrected chi connectivity index (χ1v) is 13.5. The van der Waals surface area contributed by atoms with Crippen molar-refractivity contribution in [2.75, 3.05) is 41.7 Å². The quantitative estimate of drug-likeness (QED) is 0.435. The van der Waals surface area contributed by atoms with Crippen LogP contribution in [0.4, 0.5) is 22.0 Å². The zero-order valence-electron chi connectivity index (χ0n) is 21.9. The Labute approximate surface area is 227 Å². The van der Waals surface area contributed by atoms with Crippen molar-refractivity contribution in [2.24, 2.45) is 0 Å². The maximum atomic E-state index is 12.5. The van der Waals surface area contributed by atoms with Crippen molar-refractivity contribution in [3.8, 4) is 11.4 Å². The summed E-state index contributed by atoms with van der Waals surface area (Å²) in [6.07, 6.45) is 3.73. The minimum atomic E-state index is -1.01. The maximum Gasteiger partial charge on any atom is 0.335 e. The van der Waals surface area contributed by atoms with Crippen LogP contribution in [0.15, 0.2) is 48.5 Å². The number of aromatic carboxylic acids is 1. The molecule has 0 radical (unpaired) electrons. The van der Waals surface area contributed by atoms with Crippen molar-refractivity contribution in [2.45, 2.75) is 44.9 Å². The summed E-state index contributed by atoms with van der Waals surface area (Å²) in [7, 11) is 0. The fraction of sp³-hybridized carbons (Fsp3) is 0.379. The number of hydrogen-bond donors (Lipinski definition) is 3. The first kappa shape index (κ1) is 25.3. The van der Waals surface area contributed by atoms with Crippen LogP contribution < -0.4 is 15.5 Å². The number of benzene rings is 2. The molecule has 3 aliphatic heterocycles. The Morgan fingerprint density at radius 3 is 2.23 bits per heavy atom. The molecule has 3 aliphatic rings. The Morgan fingerprint density at radius 1 is 0.974 bits per heavy atom. The lowest BCUT2D eigenvalue weighted by atomic mass is 10.0. The number of likely N-dealkylation sites (N-methyl/N-ethyl adjacent to an activating group) is 1. The number of aromatic nitrogens is 2. The van der Waals surface area contributed by atoms with Crippen molar-refractivity contribution in [1.82, 2.24) is 14.9 Å². The summed E-state index contributed by atoms with van der Waals surface area (Å²) >= 11 is 0. The summed E-state index contributed by atoms with van der Waals surface area (Å²) in [6.45, 7) is 6.74. The Kier molecular flexibility index (Phi) is 6.88. The van der Waals surface area contributed by atoms with Gasteiger partial charge < -0.3 is 25.4 Å². The van der Waals surface area contributed by atoms with Gasteiger partial charge in [0.2, 0.25) is 0 Å². The Morgan fingerprint density at radius 2 is 1.62 bits per heavy atom. The zero-order valence-corrected chi connectivity index (χ0v) is 21.9. The van der Waals surface area contributed by atoms with Crippen LogP contribution in [0.3, 0.4) is 0 Å². The van der Waals surface area contributed by atoms with Crippen LogP contribution in [0.5, 0.6) is 0 Å². The summed E-state index contributed by atoms with van der Waals surface area (Å²) in [4.78, 5) is 38.4. The number of fused-ring (bicyclic) bond motifs is 3. The number of hydrogen-bond acceptors (Lipinski definition) is 7. The van der Waals surface area contributed by atoms with E-state index < -0.39 is 12.0 Å². The molecule has 2 aromatic carbocycles. The van der Waals surface area contributed by atoms with Gasteiger partial charge in [-0.1, -0.05) is 6.92 Å². The summed E-state index contributed by atoms with van der Waals surface area (Å²) in [5.41, 5.74) is 4.53. The molecule has 10 heteroatoms. The molecule has 2 saturated heterocycles. The van der Waals surface area contributed by atoms with E-state index in [0.717, 1.165) is 69.1 Å². The van der Waals surface area contributed by atoms with E-state index in [1.165, 1.54) is 17.7 Å². The number of rotatable bonds is 6. The van der Waals surface area contributed by atoms with E-state index in [0.29, 0.717) is 17.2 Å².